The van der Waals surface area contributed by atoms with Crippen molar-refractivity contribution in [3.63, 3.8) is 0 Å². The Morgan fingerprint density at radius 1 is 1.17 bits per heavy atom. The Morgan fingerprint density at radius 3 is 2.57 bits per heavy atom. The van der Waals surface area contributed by atoms with E-state index in [0.29, 0.717) is 17.2 Å². The minimum absolute atomic E-state index is 0.320. The summed E-state index contributed by atoms with van der Waals surface area (Å²) in [6, 6.07) is 14.8. The Balaban J connectivity index is 1.78. The summed E-state index contributed by atoms with van der Waals surface area (Å²) in [6.07, 6.45) is 0. The molecule has 0 amide bonds. The van der Waals surface area contributed by atoms with E-state index in [1.54, 1.807) is 18.2 Å². The summed E-state index contributed by atoms with van der Waals surface area (Å²) in [5, 5.41) is 0.668. The van der Waals surface area contributed by atoms with Crippen molar-refractivity contribution in [1.82, 2.24) is 4.90 Å². The molecule has 0 unspecified atom stereocenters. The summed E-state index contributed by atoms with van der Waals surface area (Å²) >= 11 is 5.92. The van der Waals surface area contributed by atoms with E-state index < -0.39 is 0 Å². The van der Waals surface area contributed by atoms with E-state index in [-0.39, 0.29) is 5.97 Å². The number of methoxy groups -OCH3 is 1. The predicted octanol–water partition coefficient (Wildman–Crippen LogP) is 3.64. The SMILES string of the molecule is COC(=O)c1ccc(CN(C)CCOc2cccc(Cl)c2)cc1. The molecule has 0 aliphatic carbocycles. The molecule has 0 radical (unpaired) electrons. The molecule has 0 N–H and O–H groups in total. The quantitative estimate of drug-likeness (QED) is 0.725. The minimum atomic E-state index is -0.320. The molecule has 2 rings (SSSR count). The first-order valence-corrected chi connectivity index (χ1v) is 7.70. The number of hydrogen-bond acceptors (Lipinski definition) is 4. The van der Waals surface area contributed by atoms with Gasteiger partial charge in [-0.15, -0.1) is 0 Å². The van der Waals surface area contributed by atoms with E-state index in [1.807, 2.05) is 37.4 Å². The van der Waals surface area contributed by atoms with Crippen LogP contribution in [0.5, 0.6) is 5.75 Å². The van der Waals surface area contributed by atoms with E-state index in [2.05, 4.69) is 9.64 Å². The highest BCUT2D eigenvalue weighted by atomic mass is 35.5. The molecule has 0 saturated carbocycles. The van der Waals surface area contributed by atoms with Gasteiger partial charge in [0.15, 0.2) is 0 Å². The van der Waals surface area contributed by atoms with Crippen molar-refractivity contribution in [2.75, 3.05) is 27.3 Å². The number of rotatable bonds is 7. The summed E-state index contributed by atoms with van der Waals surface area (Å²) in [4.78, 5) is 13.5. The van der Waals surface area contributed by atoms with Crippen LogP contribution in [0.2, 0.25) is 5.02 Å². The zero-order chi connectivity index (χ0) is 16.7. The Morgan fingerprint density at radius 2 is 1.91 bits per heavy atom. The van der Waals surface area contributed by atoms with Crippen LogP contribution in [0.1, 0.15) is 15.9 Å². The van der Waals surface area contributed by atoms with Crippen molar-refractivity contribution in [3.05, 3.63) is 64.7 Å². The van der Waals surface area contributed by atoms with Gasteiger partial charge in [0.05, 0.1) is 12.7 Å². The average Bonchev–Trinajstić information content (AvgIpc) is 2.55. The highest BCUT2D eigenvalue weighted by Crippen LogP contribution is 2.17. The van der Waals surface area contributed by atoms with E-state index in [0.717, 1.165) is 24.4 Å². The van der Waals surface area contributed by atoms with Crippen LogP contribution in [0.15, 0.2) is 48.5 Å². The zero-order valence-electron chi connectivity index (χ0n) is 13.3. The molecule has 0 spiro atoms. The first-order valence-electron chi connectivity index (χ1n) is 7.32. The summed E-state index contributed by atoms with van der Waals surface area (Å²) in [6.45, 7) is 2.14. The fraction of sp³-hybridized carbons (Fsp3) is 0.278. The maximum atomic E-state index is 11.4. The maximum Gasteiger partial charge on any atom is 0.337 e. The molecule has 0 bridgehead atoms. The van der Waals surface area contributed by atoms with Crippen LogP contribution < -0.4 is 4.74 Å². The van der Waals surface area contributed by atoms with E-state index in [9.17, 15) is 4.79 Å². The van der Waals surface area contributed by atoms with Gasteiger partial charge in [-0.2, -0.15) is 0 Å². The monoisotopic (exact) mass is 333 g/mol. The first-order chi connectivity index (χ1) is 11.1. The number of carbonyl (C=O) groups is 1. The molecular formula is C18H20ClNO3. The number of nitrogens with zero attached hydrogens (tertiary/aromatic N) is 1. The average molecular weight is 334 g/mol. The predicted molar refractivity (Wildman–Crippen MR) is 91.1 cm³/mol. The molecule has 2 aromatic rings. The summed E-state index contributed by atoms with van der Waals surface area (Å²) in [7, 11) is 3.40. The third-order valence-corrected chi connectivity index (χ3v) is 3.60. The summed E-state index contributed by atoms with van der Waals surface area (Å²) in [5.74, 6) is 0.452. The fourth-order valence-electron chi connectivity index (χ4n) is 2.13. The number of carbonyl (C=O) groups excluding carboxylic acids is 1. The van der Waals surface area contributed by atoms with Crippen molar-refractivity contribution in [3.8, 4) is 5.75 Å². The molecule has 122 valence electrons. The molecule has 0 atom stereocenters. The number of likely N-dealkylation sites (N-methyl/N-ethyl adjacent to an activating group) is 1. The topological polar surface area (TPSA) is 38.8 Å². The van der Waals surface area contributed by atoms with Crippen LogP contribution in [-0.4, -0.2) is 38.2 Å². The van der Waals surface area contributed by atoms with Gasteiger partial charge in [-0.05, 0) is 42.9 Å². The molecule has 5 heteroatoms. The lowest BCUT2D eigenvalue weighted by Crippen LogP contribution is -2.23. The number of esters is 1. The third-order valence-electron chi connectivity index (χ3n) is 3.37. The molecule has 23 heavy (non-hydrogen) atoms. The summed E-state index contributed by atoms with van der Waals surface area (Å²) < 4.78 is 10.4. The van der Waals surface area contributed by atoms with Gasteiger partial charge in [-0.1, -0.05) is 29.8 Å². The number of halogens is 1. The largest absolute Gasteiger partial charge is 0.492 e. The molecule has 0 fully saturated rings. The van der Waals surface area contributed by atoms with E-state index in [1.165, 1.54) is 7.11 Å². The lowest BCUT2D eigenvalue weighted by atomic mass is 10.1. The molecule has 0 aromatic heterocycles. The van der Waals surface area contributed by atoms with Crippen LogP contribution in [0, 0.1) is 0 Å². The molecule has 2 aromatic carbocycles. The van der Waals surface area contributed by atoms with Crippen molar-refractivity contribution in [2.24, 2.45) is 0 Å². The van der Waals surface area contributed by atoms with Crippen LogP contribution in [0.3, 0.4) is 0 Å². The molecule has 4 nitrogen and oxygen atoms in total. The highest BCUT2D eigenvalue weighted by molar-refractivity contribution is 6.30. The second kappa shape index (κ2) is 8.56. The lowest BCUT2D eigenvalue weighted by Gasteiger charge is -2.17. The normalized spacial score (nSPS) is 10.6. The zero-order valence-corrected chi connectivity index (χ0v) is 14.0. The van der Waals surface area contributed by atoms with Gasteiger partial charge < -0.3 is 9.47 Å². The second-order valence-electron chi connectivity index (χ2n) is 5.23. The van der Waals surface area contributed by atoms with Gasteiger partial charge >= 0.3 is 5.97 Å². The maximum absolute atomic E-state index is 11.4. The molecule has 0 aliphatic heterocycles. The van der Waals surface area contributed by atoms with E-state index >= 15 is 0 Å². The van der Waals surface area contributed by atoms with Gasteiger partial charge in [0.1, 0.15) is 12.4 Å². The smallest absolute Gasteiger partial charge is 0.337 e. The molecule has 0 heterocycles. The Bertz CT molecular complexity index is 643. The van der Waals surface area contributed by atoms with Crippen molar-refractivity contribution >= 4 is 17.6 Å². The minimum Gasteiger partial charge on any atom is -0.492 e. The Hall–Kier alpha value is -2.04. The van der Waals surface area contributed by atoms with Crippen LogP contribution in [0.4, 0.5) is 0 Å². The standard InChI is InChI=1S/C18H20ClNO3/c1-20(10-11-23-17-5-3-4-16(19)12-17)13-14-6-8-15(9-7-14)18(21)22-2/h3-9,12H,10-11,13H2,1-2H3. The number of hydrogen-bond donors (Lipinski definition) is 0. The van der Waals surface area contributed by atoms with Gasteiger partial charge in [-0.25, -0.2) is 4.79 Å². The molecule has 0 saturated heterocycles. The van der Waals surface area contributed by atoms with Crippen molar-refractivity contribution in [2.45, 2.75) is 6.54 Å². The number of benzene rings is 2. The highest BCUT2D eigenvalue weighted by Gasteiger charge is 2.06. The van der Waals surface area contributed by atoms with Gasteiger partial charge in [-0.3, -0.25) is 4.90 Å². The second-order valence-corrected chi connectivity index (χ2v) is 5.67. The van der Waals surface area contributed by atoms with Gasteiger partial charge in [0, 0.05) is 18.1 Å². The number of ether oxygens (including phenoxy) is 2. The first kappa shape index (κ1) is 17.3. The van der Waals surface area contributed by atoms with Crippen LogP contribution >= 0.6 is 11.6 Å². The van der Waals surface area contributed by atoms with Crippen molar-refractivity contribution in [1.29, 1.82) is 0 Å². The lowest BCUT2D eigenvalue weighted by molar-refractivity contribution is 0.0600. The van der Waals surface area contributed by atoms with Gasteiger partial charge in [0.2, 0.25) is 0 Å². The third kappa shape index (κ3) is 5.58. The Kier molecular flexibility index (Phi) is 6.44. The molecule has 0 aliphatic rings. The van der Waals surface area contributed by atoms with Crippen LogP contribution in [0.25, 0.3) is 0 Å². The fourth-order valence-corrected chi connectivity index (χ4v) is 2.31. The summed E-state index contributed by atoms with van der Waals surface area (Å²) in [5.41, 5.74) is 1.69. The van der Waals surface area contributed by atoms with E-state index in [4.69, 9.17) is 16.3 Å². The van der Waals surface area contributed by atoms with Crippen LogP contribution in [-0.2, 0) is 11.3 Å². The Labute approximate surface area is 141 Å². The van der Waals surface area contributed by atoms with Crippen molar-refractivity contribution < 1.29 is 14.3 Å². The molecular weight excluding hydrogens is 314 g/mol. The van der Waals surface area contributed by atoms with Gasteiger partial charge in [0.25, 0.3) is 0 Å².